The van der Waals surface area contributed by atoms with E-state index in [1.165, 1.54) is 0 Å². The van der Waals surface area contributed by atoms with E-state index in [-0.39, 0.29) is 25.9 Å². The minimum atomic E-state index is -1.21. The molecule has 160 valence electrons. The molecule has 2 aromatic rings. The van der Waals surface area contributed by atoms with Crippen molar-refractivity contribution in [2.45, 2.75) is 38.0 Å². The summed E-state index contributed by atoms with van der Waals surface area (Å²) < 4.78 is 4.97. The highest BCUT2D eigenvalue weighted by molar-refractivity contribution is 5.89. The van der Waals surface area contributed by atoms with Crippen molar-refractivity contribution in [3.63, 3.8) is 0 Å². The lowest BCUT2D eigenvalue weighted by atomic mass is 9.94. The third-order valence-electron chi connectivity index (χ3n) is 5.71. The van der Waals surface area contributed by atoms with Crippen LogP contribution in [0.4, 0.5) is 9.59 Å². The van der Waals surface area contributed by atoms with Crippen molar-refractivity contribution in [1.82, 2.24) is 9.80 Å². The maximum absolute atomic E-state index is 12.7. The van der Waals surface area contributed by atoms with E-state index in [0.717, 1.165) is 32.1 Å². The SMILES string of the molecule is O=C(O)[C@@H]1Cc2ccccc2CN1C(=O)OC(=O)N1Cc2ccccc2C[C@H]1C(=O)O. The summed E-state index contributed by atoms with van der Waals surface area (Å²) in [5.74, 6) is -2.43. The lowest BCUT2D eigenvalue weighted by molar-refractivity contribution is -0.143. The molecule has 4 rings (SSSR count). The number of fused-ring (bicyclic) bond motifs is 2. The van der Waals surface area contributed by atoms with Crippen LogP contribution < -0.4 is 0 Å². The highest BCUT2D eigenvalue weighted by atomic mass is 16.6. The van der Waals surface area contributed by atoms with E-state index < -0.39 is 36.2 Å². The van der Waals surface area contributed by atoms with Crippen LogP contribution in [0.3, 0.4) is 0 Å². The van der Waals surface area contributed by atoms with E-state index in [4.69, 9.17) is 4.74 Å². The molecule has 2 amide bonds. The molecule has 2 aliphatic heterocycles. The second kappa shape index (κ2) is 8.10. The summed E-state index contributed by atoms with van der Waals surface area (Å²) in [6, 6.07) is 11.9. The zero-order chi connectivity index (χ0) is 22.1. The number of hydrogen-bond donors (Lipinski definition) is 2. The molecule has 0 spiro atoms. The Morgan fingerprint density at radius 3 is 1.39 bits per heavy atom. The lowest BCUT2D eigenvalue weighted by Gasteiger charge is -2.36. The van der Waals surface area contributed by atoms with Gasteiger partial charge in [-0.3, -0.25) is 9.80 Å². The zero-order valence-corrected chi connectivity index (χ0v) is 16.4. The fourth-order valence-electron chi connectivity index (χ4n) is 4.06. The molecule has 0 saturated heterocycles. The van der Waals surface area contributed by atoms with Crippen molar-refractivity contribution in [2.24, 2.45) is 0 Å². The molecular weight excluding hydrogens is 404 g/mol. The van der Waals surface area contributed by atoms with Gasteiger partial charge in [-0.05, 0) is 22.3 Å². The fraction of sp³-hybridized carbons (Fsp3) is 0.273. The van der Waals surface area contributed by atoms with Crippen LogP contribution in [-0.2, 0) is 40.3 Å². The summed E-state index contributed by atoms with van der Waals surface area (Å²) in [7, 11) is 0. The number of amides is 2. The molecule has 0 saturated carbocycles. The third kappa shape index (κ3) is 3.94. The van der Waals surface area contributed by atoms with Crippen LogP contribution in [0.25, 0.3) is 0 Å². The number of ether oxygens (including phenoxy) is 1. The Balaban J connectivity index is 1.54. The average Bonchev–Trinajstić information content (AvgIpc) is 2.77. The van der Waals surface area contributed by atoms with Crippen molar-refractivity contribution >= 4 is 24.1 Å². The summed E-state index contributed by atoms with van der Waals surface area (Å²) in [5.41, 5.74) is 3.15. The van der Waals surface area contributed by atoms with Gasteiger partial charge in [-0.25, -0.2) is 19.2 Å². The minimum Gasteiger partial charge on any atom is -0.480 e. The Labute approximate surface area is 177 Å². The van der Waals surface area contributed by atoms with Gasteiger partial charge in [0.1, 0.15) is 12.1 Å². The van der Waals surface area contributed by atoms with Gasteiger partial charge < -0.3 is 14.9 Å². The number of aliphatic carboxylic acids is 2. The van der Waals surface area contributed by atoms with E-state index in [1.807, 2.05) is 0 Å². The van der Waals surface area contributed by atoms with Crippen LogP contribution in [0.1, 0.15) is 22.3 Å². The number of hydrogen-bond acceptors (Lipinski definition) is 5. The summed E-state index contributed by atoms with van der Waals surface area (Å²) in [4.78, 5) is 50.9. The Hall–Kier alpha value is -3.88. The quantitative estimate of drug-likeness (QED) is 0.709. The molecule has 2 N–H and O–H groups in total. The number of rotatable bonds is 2. The van der Waals surface area contributed by atoms with Gasteiger partial charge in [0.15, 0.2) is 0 Å². The largest absolute Gasteiger partial charge is 0.480 e. The summed E-state index contributed by atoms with van der Waals surface area (Å²) >= 11 is 0. The Morgan fingerprint density at radius 2 is 1.03 bits per heavy atom. The average molecular weight is 424 g/mol. The molecule has 2 atom stereocenters. The van der Waals surface area contributed by atoms with Crippen LogP contribution in [-0.4, -0.2) is 56.2 Å². The first kappa shape index (κ1) is 20.4. The first-order chi connectivity index (χ1) is 14.8. The number of carboxylic acid groups (broad SMARTS) is 2. The first-order valence-electron chi connectivity index (χ1n) is 9.73. The molecule has 0 aliphatic carbocycles. The standard InChI is InChI=1S/C22H20N2O7/c25-19(26)17-9-13-5-1-3-7-15(13)11-23(17)21(29)31-22(30)24-12-16-8-4-2-6-14(16)10-18(24)20(27)28/h1-8,17-18H,9-12H2,(H,25,26)(H,27,28)/t17-,18-/m0/s1. The van der Waals surface area contributed by atoms with E-state index in [1.54, 1.807) is 48.5 Å². The zero-order valence-electron chi connectivity index (χ0n) is 16.4. The summed E-state index contributed by atoms with van der Waals surface area (Å²) in [5, 5.41) is 19.1. The van der Waals surface area contributed by atoms with Crippen molar-refractivity contribution < 1.29 is 34.1 Å². The van der Waals surface area contributed by atoms with E-state index in [2.05, 4.69) is 0 Å². The van der Waals surface area contributed by atoms with Gasteiger partial charge in [0.25, 0.3) is 0 Å². The van der Waals surface area contributed by atoms with Crippen molar-refractivity contribution in [3.8, 4) is 0 Å². The van der Waals surface area contributed by atoms with Crippen LogP contribution in [0.2, 0.25) is 0 Å². The van der Waals surface area contributed by atoms with E-state index >= 15 is 0 Å². The molecule has 0 unspecified atom stereocenters. The highest BCUT2D eigenvalue weighted by Gasteiger charge is 2.40. The van der Waals surface area contributed by atoms with Gasteiger partial charge in [0, 0.05) is 12.8 Å². The Morgan fingerprint density at radius 1 is 0.677 bits per heavy atom. The predicted octanol–water partition coefficient (Wildman–Crippen LogP) is 2.27. The van der Waals surface area contributed by atoms with Crippen LogP contribution in [0.5, 0.6) is 0 Å². The molecule has 0 bridgehead atoms. The van der Waals surface area contributed by atoms with Crippen molar-refractivity contribution in [1.29, 1.82) is 0 Å². The smallest absolute Gasteiger partial charge is 0.419 e. The molecule has 0 aromatic heterocycles. The monoisotopic (exact) mass is 424 g/mol. The second-order valence-electron chi connectivity index (χ2n) is 7.54. The van der Waals surface area contributed by atoms with Crippen molar-refractivity contribution in [2.75, 3.05) is 0 Å². The molecule has 0 fully saturated rings. The molecule has 0 radical (unpaired) electrons. The maximum atomic E-state index is 12.7. The Kier molecular flexibility index (Phi) is 5.33. The molecule has 2 aromatic carbocycles. The highest BCUT2D eigenvalue weighted by Crippen LogP contribution is 2.27. The van der Waals surface area contributed by atoms with Crippen LogP contribution in [0.15, 0.2) is 48.5 Å². The molecule has 2 heterocycles. The normalized spacial score (nSPS) is 19.7. The number of nitrogens with zero attached hydrogens (tertiary/aromatic N) is 2. The van der Waals surface area contributed by atoms with E-state index in [0.29, 0.717) is 0 Å². The molecule has 9 heteroatoms. The van der Waals surface area contributed by atoms with Gasteiger partial charge in [-0.15, -0.1) is 0 Å². The summed E-state index contributed by atoms with van der Waals surface area (Å²) in [6.45, 7) is -0.0467. The van der Waals surface area contributed by atoms with Crippen LogP contribution >= 0.6 is 0 Å². The number of carboxylic acids is 2. The lowest BCUT2D eigenvalue weighted by Crippen LogP contribution is -2.52. The van der Waals surface area contributed by atoms with Gasteiger partial charge in [-0.1, -0.05) is 48.5 Å². The minimum absolute atomic E-state index is 0.0234. The van der Waals surface area contributed by atoms with Gasteiger partial charge in [-0.2, -0.15) is 0 Å². The van der Waals surface area contributed by atoms with Gasteiger partial charge in [0.05, 0.1) is 13.1 Å². The van der Waals surface area contributed by atoms with Gasteiger partial charge in [0.2, 0.25) is 0 Å². The Bertz CT molecular complexity index is 984. The third-order valence-corrected chi connectivity index (χ3v) is 5.71. The van der Waals surface area contributed by atoms with E-state index in [9.17, 15) is 29.4 Å². The van der Waals surface area contributed by atoms with Crippen LogP contribution in [0, 0.1) is 0 Å². The molecule has 9 nitrogen and oxygen atoms in total. The first-order valence-corrected chi connectivity index (χ1v) is 9.73. The van der Waals surface area contributed by atoms with Gasteiger partial charge >= 0.3 is 24.1 Å². The molecular formula is C22H20N2O7. The summed E-state index contributed by atoms with van der Waals surface area (Å²) in [6.07, 6.45) is -2.06. The number of benzene rings is 2. The fourth-order valence-corrected chi connectivity index (χ4v) is 4.06. The number of carbonyl (C=O) groups excluding carboxylic acids is 2. The maximum Gasteiger partial charge on any atom is 0.419 e. The van der Waals surface area contributed by atoms with Crippen molar-refractivity contribution in [3.05, 3.63) is 70.8 Å². The number of carbonyl (C=O) groups is 4. The topological polar surface area (TPSA) is 124 Å². The molecule has 2 aliphatic rings. The predicted molar refractivity (Wildman–Crippen MR) is 106 cm³/mol. The second-order valence-corrected chi connectivity index (χ2v) is 7.54. The molecule has 31 heavy (non-hydrogen) atoms.